The predicted molar refractivity (Wildman–Crippen MR) is 325 cm³/mol. The molecule has 0 saturated carbocycles. The lowest BCUT2D eigenvalue weighted by atomic mass is 9.81. The lowest BCUT2D eigenvalue weighted by molar-refractivity contribution is -0.120. The SMILES string of the molecule is CC1=C2C[C@@H](C)C[C@H](C)[C@H](O)[C@@H](C)/C=C(\C)[C@H](OC(N)=O)[C@@H](C)/C=C\C=C(/C)C(=O)NC(=C(I)C1=O)C2=O.CC1=C2C[C@@H](C)C[C@H](C)[C@H](O)[C@@H](C)/C=C(\C)[C@H](OC(N)=O)[C@@H](C)/C=C\C=C(/C)C(=O)NC(=CC1=O)C2=O.II. The van der Waals surface area contributed by atoms with Crippen molar-refractivity contribution < 1.29 is 58.0 Å². The Bertz CT molecular complexity index is 2600. The van der Waals surface area contributed by atoms with Gasteiger partial charge in [-0.2, -0.15) is 0 Å². The Labute approximate surface area is 491 Å². The maximum absolute atomic E-state index is 13.4. The molecule has 0 spiro atoms. The molecule has 0 aromatic rings. The van der Waals surface area contributed by atoms with E-state index in [9.17, 15) is 48.6 Å². The number of primary amides is 2. The standard InChI is InChI=1S/C29H39IN2O6.C29H40N2O6.I2/c1-14-11-17(4)24(33)18(5)13-19(6)27(38-29(31)37)15(2)9-8-10-16(3)28(36)32-23-22(30)25(34)20(7)21(12-14)26(23)35;1-15-11-18(4)25(33)19(5)13-20(6)27(37-29(30)36)16(2)9-8-10-17(3)28(35)31-23-14-24(32)21(7)22(12-15)26(23)34;1-2/h8-10,13-15,17-18,24,27,33H,11-12H2,1-7H3,(H2,31,37)(H,32,36);8-10,13-16,18-19,25,27,33H,11-12H2,1-7H3,(H2,30,36)(H,31,35);/b9-8-,16-10+,19-13+;9-8-,17-10+,20-13+;/t14-,15-,17-,18-,24-,27+;15-,16-,18-,19-,25-,27+;/m00./s1. The topological polar surface area (TPSA) is 272 Å². The van der Waals surface area contributed by atoms with Crippen LogP contribution in [0.5, 0.6) is 0 Å². The summed E-state index contributed by atoms with van der Waals surface area (Å²) in [5, 5.41) is 27.3. The summed E-state index contributed by atoms with van der Waals surface area (Å²) in [6.07, 6.45) is 12.5. The largest absolute Gasteiger partial charge is 0.441 e. The Morgan fingerprint density at radius 3 is 1.38 bits per heavy atom. The van der Waals surface area contributed by atoms with Crippen LogP contribution in [-0.4, -0.2) is 81.8 Å². The molecule has 0 saturated heterocycles. The van der Waals surface area contributed by atoms with Gasteiger partial charge >= 0.3 is 12.2 Å². The van der Waals surface area contributed by atoms with Crippen LogP contribution in [0.3, 0.4) is 0 Å². The first-order chi connectivity index (χ1) is 35.9. The molecule has 19 heteroatoms. The Balaban J connectivity index is 0.000000510. The van der Waals surface area contributed by atoms with Crippen LogP contribution in [0.2, 0.25) is 0 Å². The fraction of sp³-hybridized carbons (Fsp3) is 0.517. The number of aliphatic hydroxyl groups is 2. The van der Waals surface area contributed by atoms with Crippen LogP contribution in [0.4, 0.5) is 9.59 Å². The number of aliphatic hydroxyl groups excluding tert-OH is 2. The van der Waals surface area contributed by atoms with E-state index >= 15 is 0 Å². The number of allylic oxidation sites excluding steroid dienone is 10. The van der Waals surface area contributed by atoms with Crippen LogP contribution in [0, 0.1) is 47.3 Å². The molecule has 0 unspecified atom stereocenters. The average Bonchev–Trinajstić information content (AvgIpc) is 3.36. The molecule has 8 N–H and O–H groups in total. The molecule has 2 aliphatic heterocycles. The van der Waals surface area contributed by atoms with E-state index in [4.69, 9.17) is 20.9 Å². The quantitative estimate of drug-likeness (QED) is 0.0856. The van der Waals surface area contributed by atoms with Crippen molar-refractivity contribution in [1.29, 1.82) is 0 Å². The van der Waals surface area contributed by atoms with Crippen molar-refractivity contribution in [1.82, 2.24) is 10.6 Å². The Hall–Kier alpha value is -4.33. The van der Waals surface area contributed by atoms with E-state index in [0.717, 1.165) is 11.1 Å². The number of halogens is 3. The molecular weight excluding hydrogens is 1330 g/mol. The first-order valence-electron chi connectivity index (χ1n) is 25.7. The molecule has 0 aromatic carbocycles. The highest BCUT2D eigenvalue weighted by molar-refractivity contribution is 15.0. The number of hydrogen-bond acceptors (Lipinski definition) is 12. The van der Waals surface area contributed by atoms with Crippen LogP contribution in [0.15, 0.2) is 114 Å². The van der Waals surface area contributed by atoms with Crippen molar-refractivity contribution in [3.05, 3.63) is 114 Å². The predicted octanol–water partition coefficient (Wildman–Crippen LogP) is 10.7. The monoisotopic (exact) mass is 1400 g/mol. The third-order valence-electron chi connectivity index (χ3n) is 14.3. The van der Waals surface area contributed by atoms with Crippen LogP contribution in [0.25, 0.3) is 0 Å². The van der Waals surface area contributed by atoms with Crippen LogP contribution >= 0.6 is 59.8 Å². The highest BCUT2D eigenvalue weighted by atomic mass is 128. The minimum atomic E-state index is -0.902. The zero-order chi connectivity index (χ0) is 58.9. The molecular formula is C58H79I3N4O12. The third-order valence-corrected chi connectivity index (χ3v) is 15.4. The number of nitrogens with one attached hydrogen (secondary N) is 2. The van der Waals surface area contributed by atoms with Crippen LogP contribution in [-0.2, 0) is 38.2 Å². The van der Waals surface area contributed by atoms with E-state index < -0.39 is 48.4 Å². The van der Waals surface area contributed by atoms with Gasteiger partial charge in [0, 0.05) is 100 Å². The molecule has 0 aromatic heterocycles. The molecule has 2 heterocycles. The van der Waals surface area contributed by atoms with Gasteiger partial charge in [-0.1, -0.05) is 104 Å². The summed E-state index contributed by atoms with van der Waals surface area (Å²) in [4.78, 5) is 101. The summed E-state index contributed by atoms with van der Waals surface area (Å²) >= 11 is 6.05. The molecule has 0 fully saturated rings. The maximum Gasteiger partial charge on any atom is 0.405 e. The molecule has 77 heavy (non-hydrogen) atoms. The number of ether oxygens (including phenoxy) is 2. The summed E-state index contributed by atoms with van der Waals surface area (Å²) < 4.78 is 11.0. The molecule has 12 atom stereocenters. The number of carbonyl (C=O) groups is 8. The number of fused-ring (bicyclic) bond motifs is 4. The van der Waals surface area contributed by atoms with Gasteiger partial charge in [-0.15, -0.1) is 0 Å². The summed E-state index contributed by atoms with van der Waals surface area (Å²) in [5.41, 5.74) is 14.3. The van der Waals surface area contributed by atoms with Crippen LogP contribution < -0.4 is 22.1 Å². The molecule has 424 valence electrons. The van der Waals surface area contributed by atoms with E-state index in [1.165, 1.54) is 6.08 Å². The highest BCUT2D eigenvalue weighted by Crippen LogP contribution is 2.35. The summed E-state index contributed by atoms with van der Waals surface area (Å²) in [6.45, 7) is 25.5. The van der Waals surface area contributed by atoms with Gasteiger partial charge in [-0.05, 0) is 125 Å². The van der Waals surface area contributed by atoms with Crippen molar-refractivity contribution in [2.24, 2.45) is 58.8 Å². The summed E-state index contributed by atoms with van der Waals surface area (Å²) in [5.74, 6) is -3.57. The lowest BCUT2D eigenvalue weighted by Crippen LogP contribution is -2.34. The Morgan fingerprint density at radius 1 is 0.584 bits per heavy atom. The smallest absolute Gasteiger partial charge is 0.405 e. The number of nitrogens with two attached hydrogens (primary N) is 2. The third kappa shape index (κ3) is 20.1. The van der Waals surface area contributed by atoms with E-state index in [2.05, 4.69) is 47.9 Å². The second-order valence-corrected chi connectivity index (χ2v) is 22.3. The average molecular weight is 1400 g/mol. The van der Waals surface area contributed by atoms with Crippen molar-refractivity contribution in [2.45, 2.75) is 147 Å². The van der Waals surface area contributed by atoms with E-state index in [0.29, 0.717) is 59.1 Å². The number of carbonyl (C=O) groups excluding carboxylic acids is 8. The van der Waals surface area contributed by atoms with Gasteiger partial charge in [0.2, 0.25) is 11.6 Å². The number of Topliss-reactive ketones (excluding diaryl/α,β-unsaturated/α-hetero) is 3. The van der Waals surface area contributed by atoms with Gasteiger partial charge in [-0.25, -0.2) is 9.59 Å². The normalized spacial score (nSPS) is 33.5. The van der Waals surface area contributed by atoms with Crippen LogP contribution in [0.1, 0.15) is 123 Å². The zero-order valence-corrected chi connectivity index (χ0v) is 53.2. The molecule has 0 radical (unpaired) electrons. The second kappa shape index (κ2) is 32.1. The number of rotatable bonds is 2. The molecule has 4 amide bonds. The first kappa shape index (κ1) is 68.8. The Morgan fingerprint density at radius 2 is 0.974 bits per heavy atom. The highest BCUT2D eigenvalue weighted by Gasteiger charge is 2.35. The minimum Gasteiger partial charge on any atom is -0.441 e. The fourth-order valence-electron chi connectivity index (χ4n) is 10.00. The van der Waals surface area contributed by atoms with Gasteiger partial charge < -0.3 is 41.8 Å². The van der Waals surface area contributed by atoms with Gasteiger partial charge in [0.25, 0.3) is 11.8 Å². The Kier molecular flexibility index (Phi) is 28.6. The second-order valence-electron chi connectivity index (χ2n) is 21.2. The molecule has 4 rings (SSSR count). The molecule has 2 aliphatic carbocycles. The van der Waals surface area contributed by atoms with Gasteiger partial charge in [0.1, 0.15) is 17.9 Å². The summed E-state index contributed by atoms with van der Waals surface area (Å²) in [7, 11) is 0. The number of ketones is 4. The molecule has 4 bridgehead atoms. The van der Waals surface area contributed by atoms with Crippen molar-refractivity contribution in [2.75, 3.05) is 0 Å². The fourth-order valence-corrected chi connectivity index (χ4v) is 10.8. The van der Waals surface area contributed by atoms with Crippen molar-refractivity contribution >= 4 is 107 Å². The summed E-state index contributed by atoms with van der Waals surface area (Å²) in [6, 6.07) is 0. The van der Waals surface area contributed by atoms with Gasteiger partial charge in [0.15, 0.2) is 11.6 Å². The molecule has 4 aliphatic rings. The molecule has 16 nitrogen and oxygen atoms in total. The minimum absolute atomic E-state index is 0.00226. The number of hydrogen-bond donors (Lipinski definition) is 6. The van der Waals surface area contributed by atoms with Gasteiger partial charge in [-0.3, -0.25) is 28.8 Å². The number of amides is 4. The van der Waals surface area contributed by atoms with Gasteiger partial charge in [0.05, 0.1) is 21.5 Å². The van der Waals surface area contributed by atoms with Crippen molar-refractivity contribution in [3.63, 3.8) is 0 Å². The maximum atomic E-state index is 13.4. The van der Waals surface area contributed by atoms with Crippen molar-refractivity contribution in [3.8, 4) is 0 Å². The van der Waals surface area contributed by atoms with E-state index in [1.54, 1.807) is 64.2 Å². The lowest BCUT2D eigenvalue weighted by Gasteiger charge is -2.28. The van der Waals surface area contributed by atoms with E-state index in [1.807, 2.05) is 104 Å². The van der Waals surface area contributed by atoms with E-state index in [-0.39, 0.29) is 85.5 Å². The first-order valence-corrected chi connectivity index (χ1v) is 33.1. The zero-order valence-electron chi connectivity index (χ0n) is 46.7.